The van der Waals surface area contributed by atoms with Crippen LogP contribution in [0.2, 0.25) is 0 Å². The SMILES string of the molecule is CCCC/C=C\CCCCCCCC(=O)OCCCC/C=C\CCCCCCC(=O)NC(CO)C(O)CCCCCCCCCCCCCCCC. The smallest absolute Gasteiger partial charge is 0.305 e. The first-order valence-electron chi connectivity index (χ1n) is 22.6. The maximum Gasteiger partial charge on any atom is 0.305 e. The van der Waals surface area contributed by atoms with Crippen molar-refractivity contribution in [1.29, 1.82) is 0 Å². The number of unbranched alkanes of at least 4 members (excludes halogenated alkanes) is 26. The van der Waals surface area contributed by atoms with E-state index in [0.29, 0.717) is 25.9 Å². The second kappa shape index (κ2) is 42.1. The third-order valence-corrected chi connectivity index (χ3v) is 10.2. The van der Waals surface area contributed by atoms with Crippen molar-refractivity contribution in [1.82, 2.24) is 5.32 Å². The first-order valence-corrected chi connectivity index (χ1v) is 22.6. The standard InChI is InChI=1S/C46H87NO5/c1-3-5-7-9-11-13-15-16-17-19-22-26-30-34-38-44(49)43(42-48)47-45(50)39-35-31-27-23-20-21-25-29-33-37-41-52-46(51)40-36-32-28-24-18-14-12-10-8-6-4-2/h10,12,21,25,43-44,48-49H,3-9,11,13-20,22-24,26-42H2,1-2H3,(H,47,50)/b12-10-,25-21-. The van der Waals surface area contributed by atoms with E-state index in [2.05, 4.69) is 43.5 Å². The number of hydrogen-bond acceptors (Lipinski definition) is 5. The minimum Gasteiger partial charge on any atom is -0.466 e. The Morgan fingerprint density at radius 1 is 0.519 bits per heavy atom. The molecule has 0 radical (unpaired) electrons. The number of aliphatic hydroxyl groups is 2. The van der Waals surface area contributed by atoms with Crippen LogP contribution in [0.15, 0.2) is 24.3 Å². The average molecular weight is 734 g/mol. The van der Waals surface area contributed by atoms with Gasteiger partial charge in [-0.15, -0.1) is 0 Å². The number of carbonyl (C=O) groups is 2. The molecule has 0 saturated heterocycles. The molecule has 0 fully saturated rings. The quantitative estimate of drug-likeness (QED) is 0.0330. The van der Waals surface area contributed by atoms with Gasteiger partial charge < -0.3 is 20.3 Å². The zero-order chi connectivity index (χ0) is 38.0. The van der Waals surface area contributed by atoms with Crippen molar-refractivity contribution in [2.75, 3.05) is 13.2 Å². The zero-order valence-electron chi connectivity index (χ0n) is 34.5. The molecule has 6 nitrogen and oxygen atoms in total. The minimum absolute atomic E-state index is 0.0481. The van der Waals surface area contributed by atoms with Crippen molar-refractivity contribution in [2.45, 2.75) is 244 Å². The Labute approximate surface area is 322 Å². The van der Waals surface area contributed by atoms with Gasteiger partial charge in [-0.2, -0.15) is 0 Å². The van der Waals surface area contributed by atoms with E-state index in [4.69, 9.17) is 4.74 Å². The number of hydrogen-bond donors (Lipinski definition) is 3. The average Bonchev–Trinajstić information content (AvgIpc) is 3.14. The molecule has 2 unspecified atom stereocenters. The molecule has 0 aromatic carbocycles. The normalized spacial score (nSPS) is 12.9. The predicted octanol–water partition coefficient (Wildman–Crippen LogP) is 12.8. The maximum atomic E-state index is 12.4. The molecule has 6 heteroatoms. The van der Waals surface area contributed by atoms with Crippen LogP contribution in [0, 0.1) is 0 Å². The second-order valence-electron chi connectivity index (χ2n) is 15.4. The molecule has 0 aliphatic heterocycles. The number of aliphatic hydroxyl groups excluding tert-OH is 2. The van der Waals surface area contributed by atoms with Gasteiger partial charge in [0.15, 0.2) is 0 Å². The first kappa shape index (κ1) is 50.3. The van der Waals surface area contributed by atoms with E-state index in [1.165, 1.54) is 122 Å². The van der Waals surface area contributed by atoms with Gasteiger partial charge in [0.2, 0.25) is 5.91 Å². The largest absolute Gasteiger partial charge is 0.466 e. The topological polar surface area (TPSA) is 95.9 Å². The van der Waals surface area contributed by atoms with Crippen molar-refractivity contribution < 1.29 is 24.5 Å². The lowest BCUT2D eigenvalue weighted by atomic mass is 10.0. The van der Waals surface area contributed by atoms with Crippen LogP contribution < -0.4 is 5.32 Å². The number of rotatable bonds is 41. The highest BCUT2D eigenvalue weighted by molar-refractivity contribution is 5.76. The number of allylic oxidation sites excluding steroid dienone is 4. The van der Waals surface area contributed by atoms with E-state index in [-0.39, 0.29) is 18.5 Å². The van der Waals surface area contributed by atoms with Crippen LogP contribution >= 0.6 is 0 Å². The fourth-order valence-electron chi connectivity index (χ4n) is 6.67. The molecule has 1 amide bonds. The van der Waals surface area contributed by atoms with Crippen molar-refractivity contribution >= 4 is 11.9 Å². The third kappa shape index (κ3) is 38.1. The molecular weight excluding hydrogens is 647 g/mol. The van der Waals surface area contributed by atoms with Gasteiger partial charge in [-0.3, -0.25) is 9.59 Å². The summed E-state index contributed by atoms with van der Waals surface area (Å²) in [5, 5.41) is 23.1. The highest BCUT2D eigenvalue weighted by atomic mass is 16.5. The highest BCUT2D eigenvalue weighted by Gasteiger charge is 2.20. The monoisotopic (exact) mass is 734 g/mol. The molecule has 3 N–H and O–H groups in total. The number of ether oxygens (including phenoxy) is 1. The number of amides is 1. The summed E-state index contributed by atoms with van der Waals surface area (Å²) < 4.78 is 5.40. The summed E-state index contributed by atoms with van der Waals surface area (Å²) in [4.78, 5) is 24.3. The number of nitrogens with one attached hydrogen (secondary N) is 1. The summed E-state index contributed by atoms with van der Waals surface area (Å²) in [6.45, 7) is 4.81. The van der Waals surface area contributed by atoms with Crippen LogP contribution in [-0.4, -0.2) is 47.4 Å². The van der Waals surface area contributed by atoms with Gasteiger partial charge in [0, 0.05) is 12.8 Å². The first-order chi connectivity index (χ1) is 25.5. The Morgan fingerprint density at radius 2 is 0.923 bits per heavy atom. The maximum absolute atomic E-state index is 12.4. The van der Waals surface area contributed by atoms with Crippen LogP contribution in [0.3, 0.4) is 0 Å². The number of esters is 1. The molecule has 0 aliphatic carbocycles. The molecule has 306 valence electrons. The fourth-order valence-corrected chi connectivity index (χ4v) is 6.67. The Kier molecular flexibility index (Phi) is 40.7. The van der Waals surface area contributed by atoms with Crippen LogP contribution in [-0.2, 0) is 14.3 Å². The Hall–Kier alpha value is -1.66. The summed E-state index contributed by atoms with van der Waals surface area (Å²) in [7, 11) is 0. The van der Waals surface area contributed by atoms with E-state index in [1.54, 1.807) is 0 Å². The van der Waals surface area contributed by atoms with Crippen molar-refractivity contribution in [2.24, 2.45) is 0 Å². The molecule has 0 aliphatic rings. The second-order valence-corrected chi connectivity index (χ2v) is 15.4. The molecule has 0 aromatic rings. The van der Waals surface area contributed by atoms with E-state index in [9.17, 15) is 19.8 Å². The summed E-state index contributed by atoms with van der Waals surface area (Å²) in [5.74, 6) is -0.121. The lowest BCUT2D eigenvalue weighted by Gasteiger charge is -2.22. The van der Waals surface area contributed by atoms with Gasteiger partial charge in [0.25, 0.3) is 0 Å². The van der Waals surface area contributed by atoms with Crippen molar-refractivity contribution in [3.63, 3.8) is 0 Å². The summed E-state index contributed by atoms with van der Waals surface area (Å²) in [5.41, 5.74) is 0. The molecule has 0 rings (SSSR count). The van der Waals surface area contributed by atoms with Gasteiger partial charge in [0.1, 0.15) is 0 Å². The van der Waals surface area contributed by atoms with Crippen LogP contribution in [0.1, 0.15) is 232 Å². The summed E-state index contributed by atoms with van der Waals surface area (Å²) in [6.07, 6.45) is 47.0. The molecule has 0 bridgehead atoms. The van der Waals surface area contributed by atoms with Gasteiger partial charge in [-0.1, -0.05) is 173 Å². The summed E-state index contributed by atoms with van der Waals surface area (Å²) in [6, 6.07) is -0.566. The van der Waals surface area contributed by atoms with E-state index in [1.807, 2.05) is 0 Å². The fraction of sp³-hybridized carbons (Fsp3) is 0.870. The van der Waals surface area contributed by atoms with Crippen LogP contribution in [0.25, 0.3) is 0 Å². The van der Waals surface area contributed by atoms with E-state index < -0.39 is 12.1 Å². The van der Waals surface area contributed by atoms with Gasteiger partial charge in [0.05, 0.1) is 25.4 Å². The van der Waals surface area contributed by atoms with Gasteiger partial charge in [-0.05, 0) is 70.6 Å². The van der Waals surface area contributed by atoms with Crippen molar-refractivity contribution in [3.8, 4) is 0 Å². The third-order valence-electron chi connectivity index (χ3n) is 10.2. The van der Waals surface area contributed by atoms with Gasteiger partial charge >= 0.3 is 5.97 Å². The number of carbonyl (C=O) groups excluding carboxylic acids is 2. The molecule has 0 heterocycles. The minimum atomic E-state index is -0.685. The Bertz CT molecular complexity index is 813. The van der Waals surface area contributed by atoms with E-state index >= 15 is 0 Å². The van der Waals surface area contributed by atoms with Crippen molar-refractivity contribution in [3.05, 3.63) is 24.3 Å². The Morgan fingerprint density at radius 3 is 1.42 bits per heavy atom. The Balaban J connectivity index is 3.56. The lowest BCUT2D eigenvalue weighted by Crippen LogP contribution is -2.45. The molecule has 2 atom stereocenters. The van der Waals surface area contributed by atoms with Gasteiger partial charge in [-0.25, -0.2) is 0 Å². The molecule has 0 saturated carbocycles. The van der Waals surface area contributed by atoms with E-state index in [0.717, 1.165) is 77.0 Å². The molecule has 0 spiro atoms. The van der Waals surface area contributed by atoms with Crippen LogP contribution in [0.4, 0.5) is 0 Å². The summed E-state index contributed by atoms with van der Waals surface area (Å²) >= 11 is 0. The molecule has 0 aromatic heterocycles. The van der Waals surface area contributed by atoms with Crippen LogP contribution in [0.5, 0.6) is 0 Å². The molecular formula is C46H87NO5. The highest BCUT2D eigenvalue weighted by Crippen LogP contribution is 2.15. The zero-order valence-corrected chi connectivity index (χ0v) is 34.5. The molecule has 52 heavy (non-hydrogen) atoms. The predicted molar refractivity (Wildman–Crippen MR) is 223 cm³/mol. The lowest BCUT2D eigenvalue weighted by molar-refractivity contribution is -0.143.